The van der Waals surface area contributed by atoms with Gasteiger partial charge in [0.25, 0.3) is 0 Å². The van der Waals surface area contributed by atoms with Crippen LogP contribution < -0.4 is 15.0 Å². The number of rotatable bonds is 4. The molecule has 1 aromatic carbocycles. The summed E-state index contributed by atoms with van der Waals surface area (Å²) in [6.45, 7) is 4.00. The van der Waals surface area contributed by atoms with Gasteiger partial charge in [0, 0.05) is 31.0 Å². The number of carbonyl (C=O) groups is 1. The lowest BCUT2D eigenvalue weighted by atomic mass is 9.86. The van der Waals surface area contributed by atoms with Gasteiger partial charge < -0.3 is 15.0 Å². The highest BCUT2D eigenvalue weighted by atomic mass is 16.5. The van der Waals surface area contributed by atoms with Crippen molar-refractivity contribution in [2.45, 2.75) is 32.1 Å². The fraction of sp³-hybridized carbons (Fsp3) is 0.364. The monoisotopic (exact) mass is 404 g/mol. The van der Waals surface area contributed by atoms with Crippen LogP contribution in [0.3, 0.4) is 0 Å². The van der Waals surface area contributed by atoms with Gasteiger partial charge in [-0.05, 0) is 49.6 Å². The molecule has 3 aromatic rings. The molecule has 1 atom stereocenters. The molecule has 5 rings (SSSR count). The Morgan fingerprint density at radius 1 is 1.10 bits per heavy atom. The number of ether oxygens (including phenoxy) is 1. The van der Waals surface area contributed by atoms with E-state index in [1.807, 2.05) is 43.3 Å². The quantitative estimate of drug-likeness (QED) is 0.719. The molecule has 1 fully saturated rings. The molecule has 0 unspecified atom stereocenters. The summed E-state index contributed by atoms with van der Waals surface area (Å²) in [4.78, 5) is 14.8. The second kappa shape index (κ2) is 7.44. The van der Waals surface area contributed by atoms with Crippen molar-refractivity contribution in [3.63, 3.8) is 0 Å². The molecular weight excluding hydrogens is 380 g/mol. The molecule has 30 heavy (non-hydrogen) atoms. The van der Waals surface area contributed by atoms with Crippen molar-refractivity contribution in [1.82, 2.24) is 20.0 Å². The standard InChI is InChI=1S/C22H24N6O2/c1-14-21-17(15-6-5-7-16(12-15)30-2)13-20(29)23-22(21)28(26-14)19-9-8-18(24-25-19)27-10-3-4-11-27/h5-9,12,17H,3-4,10-11,13H2,1-2H3,(H,23,29)/t17-/m1/s1. The molecule has 2 aromatic heterocycles. The Labute approximate surface area is 174 Å². The van der Waals surface area contributed by atoms with Crippen LogP contribution in [0.4, 0.5) is 11.6 Å². The first-order valence-corrected chi connectivity index (χ1v) is 10.3. The van der Waals surface area contributed by atoms with E-state index in [2.05, 4.69) is 20.4 Å². The lowest BCUT2D eigenvalue weighted by molar-refractivity contribution is -0.116. The van der Waals surface area contributed by atoms with Gasteiger partial charge in [0.15, 0.2) is 11.6 Å². The lowest BCUT2D eigenvalue weighted by Crippen LogP contribution is -2.25. The number of aromatic nitrogens is 4. The molecule has 0 spiro atoms. The van der Waals surface area contributed by atoms with Crippen LogP contribution in [0.1, 0.15) is 42.0 Å². The van der Waals surface area contributed by atoms with E-state index < -0.39 is 0 Å². The Bertz CT molecular complexity index is 1090. The molecule has 154 valence electrons. The van der Waals surface area contributed by atoms with Crippen molar-refractivity contribution in [1.29, 1.82) is 0 Å². The van der Waals surface area contributed by atoms with E-state index in [1.165, 1.54) is 12.8 Å². The maximum Gasteiger partial charge on any atom is 0.226 e. The average molecular weight is 404 g/mol. The number of hydrogen-bond acceptors (Lipinski definition) is 6. The van der Waals surface area contributed by atoms with E-state index >= 15 is 0 Å². The van der Waals surface area contributed by atoms with Crippen LogP contribution in [0.2, 0.25) is 0 Å². The van der Waals surface area contributed by atoms with E-state index in [-0.39, 0.29) is 11.8 Å². The number of nitrogens with zero attached hydrogens (tertiary/aromatic N) is 5. The fourth-order valence-electron chi connectivity index (χ4n) is 4.40. The predicted octanol–water partition coefficient (Wildman–Crippen LogP) is 3.05. The summed E-state index contributed by atoms with van der Waals surface area (Å²) in [5, 5.41) is 16.5. The Morgan fingerprint density at radius 3 is 2.60 bits per heavy atom. The van der Waals surface area contributed by atoms with Crippen LogP contribution >= 0.6 is 0 Å². The van der Waals surface area contributed by atoms with Gasteiger partial charge >= 0.3 is 0 Å². The first-order valence-electron chi connectivity index (χ1n) is 10.3. The first kappa shape index (κ1) is 18.6. The second-order valence-electron chi connectivity index (χ2n) is 7.78. The van der Waals surface area contributed by atoms with Crippen LogP contribution in [0.15, 0.2) is 36.4 Å². The molecular formula is C22H24N6O2. The number of aryl methyl sites for hydroxylation is 1. The molecule has 8 heteroatoms. The minimum Gasteiger partial charge on any atom is -0.497 e. The predicted molar refractivity (Wildman–Crippen MR) is 113 cm³/mol. The van der Waals surface area contributed by atoms with Crippen molar-refractivity contribution in [3.8, 4) is 11.6 Å². The van der Waals surface area contributed by atoms with Crippen LogP contribution in [-0.4, -0.2) is 46.1 Å². The second-order valence-corrected chi connectivity index (χ2v) is 7.78. The van der Waals surface area contributed by atoms with Gasteiger partial charge in [-0.15, -0.1) is 10.2 Å². The summed E-state index contributed by atoms with van der Waals surface area (Å²) in [5.41, 5.74) is 2.90. The van der Waals surface area contributed by atoms with Crippen LogP contribution in [0, 0.1) is 6.92 Å². The minimum atomic E-state index is -0.0885. The third-order valence-corrected chi connectivity index (χ3v) is 5.88. The van der Waals surface area contributed by atoms with Gasteiger partial charge in [-0.3, -0.25) is 4.79 Å². The molecule has 8 nitrogen and oxygen atoms in total. The van der Waals surface area contributed by atoms with E-state index in [0.717, 1.165) is 41.5 Å². The lowest BCUT2D eigenvalue weighted by Gasteiger charge is -2.24. The number of hydrogen-bond donors (Lipinski definition) is 1. The van der Waals surface area contributed by atoms with E-state index in [4.69, 9.17) is 9.84 Å². The van der Waals surface area contributed by atoms with Gasteiger partial charge in [-0.25, -0.2) is 0 Å². The summed E-state index contributed by atoms with van der Waals surface area (Å²) < 4.78 is 7.07. The largest absolute Gasteiger partial charge is 0.497 e. The zero-order valence-electron chi connectivity index (χ0n) is 17.1. The summed E-state index contributed by atoms with van der Waals surface area (Å²) in [5.74, 6) is 2.78. The molecule has 1 saturated heterocycles. The smallest absolute Gasteiger partial charge is 0.226 e. The molecule has 1 N–H and O–H groups in total. The molecule has 1 amide bonds. The SMILES string of the molecule is COc1cccc([C@H]2CC(=O)Nc3c2c(C)nn3-c2ccc(N3CCCC3)nn2)c1. The van der Waals surface area contributed by atoms with Gasteiger partial charge in [0.1, 0.15) is 11.6 Å². The number of methoxy groups -OCH3 is 1. The van der Waals surface area contributed by atoms with Gasteiger partial charge in [0.2, 0.25) is 5.91 Å². The maximum absolute atomic E-state index is 12.6. The highest BCUT2D eigenvalue weighted by Crippen LogP contribution is 2.40. The zero-order chi connectivity index (χ0) is 20.7. The molecule has 2 aliphatic heterocycles. The summed E-state index contributed by atoms with van der Waals surface area (Å²) in [7, 11) is 1.64. The van der Waals surface area contributed by atoms with Gasteiger partial charge in [-0.2, -0.15) is 9.78 Å². The van der Waals surface area contributed by atoms with E-state index in [9.17, 15) is 4.79 Å². The van der Waals surface area contributed by atoms with Crippen LogP contribution in [0.25, 0.3) is 5.82 Å². The molecule has 4 heterocycles. The fourth-order valence-corrected chi connectivity index (χ4v) is 4.40. The summed E-state index contributed by atoms with van der Waals surface area (Å²) in [6.07, 6.45) is 2.74. The molecule has 0 saturated carbocycles. The number of fused-ring (bicyclic) bond motifs is 1. The number of carbonyl (C=O) groups excluding carboxylic acids is 1. The normalized spacial score (nSPS) is 18.3. The Balaban J connectivity index is 1.54. The Hall–Kier alpha value is -3.42. The highest BCUT2D eigenvalue weighted by molar-refractivity contribution is 5.95. The van der Waals surface area contributed by atoms with Crippen LogP contribution in [-0.2, 0) is 4.79 Å². The van der Waals surface area contributed by atoms with E-state index in [0.29, 0.717) is 18.1 Å². The van der Waals surface area contributed by atoms with E-state index in [1.54, 1.807) is 11.8 Å². The Kier molecular flexibility index (Phi) is 4.61. The molecule has 2 aliphatic rings. The van der Waals surface area contributed by atoms with Gasteiger partial charge in [-0.1, -0.05) is 12.1 Å². The number of benzene rings is 1. The van der Waals surface area contributed by atoms with Crippen molar-refractivity contribution < 1.29 is 9.53 Å². The Morgan fingerprint density at radius 2 is 1.87 bits per heavy atom. The minimum absolute atomic E-state index is 0.0434. The van der Waals surface area contributed by atoms with Crippen LogP contribution in [0.5, 0.6) is 5.75 Å². The summed E-state index contributed by atoms with van der Waals surface area (Å²) >= 11 is 0. The molecule has 0 radical (unpaired) electrons. The molecule has 0 bridgehead atoms. The number of nitrogens with one attached hydrogen (secondary N) is 1. The van der Waals surface area contributed by atoms with Crippen molar-refractivity contribution in [2.24, 2.45) is 0 Å². The topological polar surface area (TPSA) is 85.2 Å². The molecule has 0 aliphatic carbocycles. The maximum atomic E-state index is 12.6. The van der Waals surface area contributed by atoms with Gasteiger partial charge in [0.05, 0.1) is 12.8 Å². The zero-order valence-corrected chi connectivity index (χ0v) is 17.1. The highest BCUT2D eigenvalue weighted by Gasteiger charge is 2.33. The third kappa shape index (κ3) is 3.18. The first-order chi connectivity index (χ1) is 14.6. The number of anilines is 2. The third-order valence-electron chi connectivity index (χ3n) is 5.88. The summed E-state index contributed by atoms with van der Waals surface area (Å²) in [6, 6.07) is 11.7. The van der Waals surface area contributed by atoms with Crippen molar-refractivity contribution in [3.05, 3.63) is 53.2 Å². The van der Waals surface area contributed by atoms with Crippen molar-refractivity contribution in [2.75, 3.05) is 30.4 Å². The number of amides is 1. The van der Waals surface area contributed by atoms with Crippen molar-refractivity contribution >= 4 is 17.5 Å². The average Bonchev–Trinajstić information content (AvgIpc) is 3.42.